The van der Waals surface area contributed by atoms with Crippen molar-refractivity contribution in [1.82, 2.24) is 9.88 Å². The highest BCUT2D eigenvalue weighted by molar-refractivity contribution is 7.13. The van der Waals surface area contributed by atoms with Crippen LogP contribution in [0.15, 0.2) is 0 Å². The first kappa shape index (κ1) is 14.5. The van der Waals surface area contributed by atoms with Crippen LogP contribution < -0.4 is 5.73 Å². The lowest BCUT2D eigenvalue weighted by atomic mass is 9.90. The quantitative estimate of drug-likeness (QED) is 0.926. The van der Waals surface area contributed by atoms with E-state index in [9.17, 15) is 4.79 Å². The van der Waals surface area contributed by atoms with Gasteiger partial charge in [-0.05, 0) is 46.5 Å². The summed E-state index contributed by atoms with van der Waals surface area (Å²) in [7, 11) is 0. The molecule has 0 atom stereocenters. The van der Waals surface area contributed by atoms with Crippen molar-refractivity contribution >= 4 is 17.2 Å². The van der Waals surface area contributed by atoms with E-state index in [-0.39, 0.29) is 5.91 Å². The van der Waals surface area contributed by atoms with E-state index in [4.69, 9.17) is 5.73 Å². The predicted octanol–water partition coefficient (Wildman–Crippen LogP) is 2.49. The van der Waals surface area contributed by atoms with Crippen molar-refractivity contribution in [2.45, 2.75) is 58.5 Å². The molecule has 0 saturated heterocycles. The fraction of sp³-hybridized carbons (Fsp3) is 0.714. The van der Waals surface area contributed by atoms with Gasteiger partial charge < -0.3 is 10.6 Å². The molecule has 19 heavy (non-hydrogen) atoms. The number of hydrogen-bond acceptors (Lipinski definition) is 4. The highest BCUT2D eigenvalue weighted by Crippen LogP contribution is 2.26. The summed E-state index contributed by atoms with van der Waals surface area (Å²) in [5.41, 5.74) is 6.80. The van der Waals surface area contributed by atoms with E-state index in [1.54, 1.807) is 0 Å². The molecule has 1 amide bonds. The Bertz CT molecular complexity index is 450. The molecule has 5 heteroatoms. The molecular weight excluding hydrogens is 258 g/mol. The Hall–Kier alpha value is -0.940. The summed E-state index contributed by atoms with van der Waals surface area (Å²) in [6.45, 7) is 6.68. The highest BCUT2D eigenvalue weighted by atomic mass is 32.1. The van der Waals surface area contributed by atoms with Crippen LogP contribution in [0.5, 0.6) is 0 Å². The van der Waals surface area contributed by atoms with Gasteiger partial charge in [0.25, 0.3) is 5.91 Å². The van der Waals surface area contributed by atoms with E-state index in [0.717, 1.165) is 47.8 Å². The SMILES string of the molecule is CCN(C(=O)c1sc(C)nc1C)C1CCC(N)CC1. The Kier molecular flexibility index (Phi) is 4.58. The Morgan fingerprint density at radius 1 is 1.37 bits per heavy atom. The average Bonchev–Trinajstić information content (AvgIpc) is 2.71. The summed E-state index contributed by atoms with van der Waals surface area (Å²) in [6, 6.07) is 0.663. The van der Waals surface area contributed by atoms with Crippen LogP contribution in [0.2, 0.25) is 0 Å². The third-order valence-electron chi connectivity index (χ3n) is 3.88. The summed E-state index contributed by atoms with van der Waals surface area (Å²) < 4.78 is 0. The molecule has 1 heterocycles. The fourth-order valence-electron chi connectivity index (χ4n) is 2.84. The van der Waals surface area contributed by atoms with Gasteiger partial charge in [-0.15, -0.1) is 11.3 Å². The van der Waals surface area contributed by atoms with Gasteiger partial charge in [0.1, 0.15) is 4.88 Å². The van der Waals surface area contributed by atoms with Gasteiger partial charge in [0, 0.05) is 18.6 Å². The summed E-state index contributed by atoms with van der Waals surface area (Å²) in [6.07, 6.45) is 4.10. The lowest BCUT2D eigenvalue weighted by Gasteiger charge is -2.35. The lowest BCUT2D eigenvalue weighted by Crippen LogP contribution is -2.44. The zero-order chi connectivity index (χ0) is 14.0. The first-order chi connectivity index (χ1) is 9.02. The number of hydrogen-bond donors (Lipinski definition) is 1. The summed E-state index contributed by atoms with van der Waals surface area (Å²) >= 11 is 1.50. The lowest BCUT2D eigenvalue weighted by molar-refractivity contribution is 0.0644. The minimum atomic E-state index is 0.145. The van der Waals surface area contributed by atoms with Gasteiger partial charge in [0.05, 0.1) is 10.7 Å². The zero-order valence-electron chi connectivity index (χ0n) is 12.0. The van der Waals surface area contributed by atoms with Crippen molar-refractivity contribution in [2.24, 2.45) is 5.73 Å². The van der Waals surface area contributed by atoms with Gasteiger partial charge in [-0.2, -0.15) is 0 Å². The molecular formula is C14H23N3OS. The van der Waals surface area contributed by atoms with E-state index < -0.39 is 0 Å². The number of carbonyl (C=O) groups is 1. The number of aromatic nitrogens is 1. The number of nitrogens with zero attached hydrogens (tertiary/aromatic N) is 2. The normalized spacial score (nSPS) is 23.4. The minimum Gasteiger partial charge on any atom is -0.335 e. The Morgan fingerprint density at radius 2 is 2.00 bits per heavy atom. The Morgan fingerprint density at radius 3 is 2.47 bits per heavy atom. The van der Waals surface area contributed by atoms with Crippen molar-refractivity contribution < 1.29 is 4.79 Å². The Balaban J connectivity index is 2.13. The van der Waals surface area contributed by atoms with Crippen molar-refractivity contribution in [1.29, 1.82) is 0 Å². The molecule has 0 aliphatic heterocycles. The van der Waals surface area contributed by atoms with Gasteiger partial charge in [0.15, 0.2) is 0 Å². The number of nitrogens with two attached hydrogens (primary N) is 1. The predicted molar refractivity (Wildman–Crippen MR) is 78.5 cm³/mol. The van der Waals surface area contributed by atoms with E-state index >= 15 is 0 Å². The molecule has 0 bridgehead atoms. The van der Waals surface area contributed by atoms with Gasteiger partial charge in [-0.3, -0.25) is 4.79 Å². The topological polar surface area (TPSA) is 59.2 Å². The molecule has 1 aliphatic rings. The van der Waals surface area contributed by atoms with Crippen molar-refractivity contribution in [3.63, 3.8) is 0 Å². The highest BCUT2D eigenvalue weighted by Gasteiger charge is 2.29. The van der Waals surface area contributed by atoms with Gasteiger partial charge in [-0.25, -0.2) is 4.98 Å². The second kappa shape index (κ2) is 6.01. The number of amides is 1. The molecule has 0 aromatic carbocycles. The molecule has 4 nitrogen and oxygen atoms in total. The molecule has 2 N–H and O–H groups in total. The molecule has 1 aromatic heterocycles. The minimum absolute atomic E-state index is 0.145. The van der Waals surface area contributed by atoms with Crippen molar-refractivity contribution in [3.05, 3.63) is 15.6 Å². The van der Waals surface area contributed by atoms with Crippen LogP contribution in [0.1, 0.15) is 53.0 Å². The van der Waals surface area contributed by atoms with E-state index in [1.807, 2.05) is 18.7 Å². The van der Waals surface area contributed by atoms with Gasteiger partial charge >= 0.3 is 0 Å². The molecule has 0 unspecified atom stereocenters. The van der Waals surface area contributed by atoms with E-state index in [0.29, 0.717) is 12.1 Å². The van der Waals surface area contributed by atoms with Crippen LogP contribution in [0.25, 0.3) is 0 Å². The molecule has 1 fully saturated rings. The molecule has 1 aromatic rings. The summed E-state index contributed by atoms with van der Waals surface area (Å²) in [5, 5.41) is 0.961. The maximum absolute atomic E-state index is 12.7. The third-order valence-corrected chi connectivity index (χ3v) is 4.94. The number of carbonyl (C=O) groups excluding carboxylic acids is 1. The van der Waals surface area contributed by atoms with Crippen LogP contribution in [-0.2, 0) is 0 Å². The third kappa shape index (κ3) is 3.15. The van der Waals surface area contributed by atoms with Crippen LogP contribution >= 0.6 is 11.3 Å². The first-order valence-electron chi connectivity index (χ1n) is 7.03. The second-order valence-electron chi connectivity index (χ2n) is 5.31. The van der Waals surface area contributed by atoms with Crippen LogP contribution in [0.3, 0.4) is 0 Å². The first-order valence-corrected chi connectivity index (χ1v) is 7.85. The summed E-state index contributed by atoms with van der Waals surface area (Å²) in [4.78, 5) is 19.8. The molecule has 106 valence electrons. The largest absolute Gasteiger partial charge is 0.335 e. The zero-order valence-corrected chi connectivity index (χ0v) is 12.8. The molecule has 1 aliphatic carbocycles. The molecule has 0 spiro atoms. The number of thiazole rings is 1. The Labute approximate surface area is 119 Å². The van der Waals surface area contributed by atoms with Crippen molar-refractivity contribution in [2.75, 3.05) is 6.54 Å². The monoisotopic (exact) mass is 281 g/mol. The average molecular weight is 281 g/mol. The van der Waals surface area contributed by atoms with Gasteiger partial charge in [0.2, 0.25) is 0 Å². The molecule has 0 radical (unpaired) electrons. The van der Waals surface area contributed by atoms with E-state index in [1.165, 1.54) is 11.3 Å². The maximum atomic E-state index is 12.7. The number of rotatable bonds is 3. The number of aryl methyl sites for hydroxylation is 2. The second-order valence-corrected chi connectivity index (χ2v) is 6.51. The van der Waals surface area contributed by atoms with Gasteiger partial charge in [-0.1, -0.05) is 0 Å². The smallest absolute Gasteiger partial charge is 0.266 e. The molecule has 1 saturated carbocycles. The van der Waals surface area contributed by atoms with Crippen LogP contribution in [-0.4, -0.2) is 34.4 Å². The fourth-order valence-corrected chi connectivity index (χ4v) is 3.72. The molecule has 2 rings (SSSR count). The van der Waals surface area contributed by atoms with Crippen molar-refractivity contribution in [3.8, 4) is 0 Å². The standard InChI is InChI=1S/C14H23N3OS/c1-4-17(12-7-5-11(15)6-8-12)14(18)13-9(2)16-10(3)19-13/h11-12H,4-8,15H2,1-3H3. The summed E-state index contributed by atoms with van der Waals surface area (Å²) in [5.74, 6) is 0.145. The van der Waals surface area contributed by atoms with Crippen LogP contribution in [0.4, 0.5) is 0 Å². The maximum Gasteiger partial charge on any atom is 0.266 e. The van der Waals surface area contributed by atoms with E-state index in [2.05, 4.69) is 11.9 Å². The van der Waals surface area contributed by atoms with Crippen LogP contribution in [0, 0.1) is 13.8 Å².